The molecule has 1 N–H and O–H groups in total. The lowest BCUT2D eigenvalue weighted by Crippen LogP contribution is -2.14. The maximum Gasteiger partial charge on any atom is 0.311 e. The number of carbonyl (C=O) groups is 2. The van der Waals surface area contributed by atoms with Crippen molar-refractivity contribution in [2.24, 2.45) is 0 Å². The molecule has 0 radical (unpaired) electrons. The summed E-state index contributed by atoms with van der Waals surface area (Å²) in [6.07, 6.45) is 0.0743. The summed E-state index contributed by atoms with van der Waals surface area (Å²) in [4.78, 5) is 36.5. The van der Waals surface area contributed by atoms with Gasteiger partial charge in [-0.05, 0) is 26.8 Å². The van der Waals surface area contributed by atoms with Crippen molar-refractivity contribution in [3.8, 4) is 0 Å². The highest BCUT2D eigenvalue weighted by atomic mass is 32.2. The Bertz CT molecular complexity index is 1030. The third kappa shape index (κ3) is 7.60. The third-order valence-electron chi connectivity index (χ3n) is 3.49. The van der Waals surface area contributed by atoms with E-state index in [2.05, 4.69) is 30.5 Å². The molecule has 0 saturated carbocycles. The Balaban J connectivity index is 1.43. The number of esters is 1. The molecule has 3 rings (SSSR count). The van der Waals surface area contributed by atoms with Crippen LogP contribution in [0.2, 0.25) is 0 Å². The molecule has 0 aromatic carbocycles. The number of hydrogen-bond acceptors (Lipinski definition) is 12. The molecule has 0 aliphatic carbocycles. The highest BCUT2D eigenvalue weighted by Crippen LogP contribution is 2.23. The number of nitrogens with one attached hydrogen (secondary N) is 1. The fourth-order valence-corrected chi connectivity index (χ4v) is 4.42. The Morgan fingerprint density at radius 2 is 1.94 bits per heavy atom. The van der Waals surface area contributed by atoms with Gasteiger partial charge in [0.15, 0.2) is 10.3 Å². The highest BCUT2D eigenvalue weighted by Gasteiger charge is 2.13. The van der Waals surface area contributed by atoms with Crippen LogP contribution in [0.15, 0.2) is 26.2 Å². The molecule has 1 amide bonds. The minimum atomic E-state index is -0.351. The number of thioether (sulfide) groups is 2. The number of anilines is 1. The molecule has 31 heavy (non-hydrogen) atoms. The summed E-state index contributed by atoms with van der Waals surface area (Å²) in [6, 6.07) is 1.91. The van der Waals surface area contributed by atoms with E-state index >= 15 is 0 Å². The van der Waals surface area contributed by atoms with E-state index in [0.29, 0.717) is 39.5 Å². The summed E-state index contributed by atoms with van der Waals surface area (Å²) in [5, 5.41) is 13.7. The first-order valence-electron chi connectivity index (χ1n) is 9.21. The van der Waals surface area contributed by atoms with Gasteiger partial charge in [0.1, 0.15) is 0 Å². The van der Waals surface area contributed by atoms with Gasteiger partial charge in [0.05, 0.1) is 30.2 Å². The maximum atomic E-state index is 12.1. The van der Waals surface area contributed by atoms with Crippen molar-refractivity contribution in [3.05, 3.63) is 34.4 Å². The second kappa shape index (κ2) is 11.2. The molecule has 0 bridgehead atoms. The second-order valence-corrected chi connectivity index (χ2v) is 8.87. The molecule has 0 fully saturated rings. The van der Waals surface area contributed by atoms with Crippen molar-refractivity contribution in [2.75, 3.05) is 17.7 Å². The first kappa shape index (κ1) is 23.2. The smallest absolute Gasteiger partial charge is 0.311 e. The Morgan fingerprint density at radius 1 is 1.16 bits per heavy atom. The fourth-order valence-electron chi connectivity index (χ4n) is 2.33. The lowest BCUT2D eigenvalue weighted by atomic mass is 10.3. The zero-order chi connectivity index (χ0) is 22.2. The standard InChI is InChI=1S/C18H20N6O4S3/c1-4-27-15(26)6-12-7-29-17(21-12)22-13(25)8-31-18-24-23-14(28-18)9-30-16-19-10(2)5-11(3)20-16/h5,7H,4,6,8-9H2,1-3H3,(H,21,22,25). The number of rotatable bonds is 10. The number of carbonyl (C=O) groups excluding carboxylic acids is 2. The zero-order valence-corrected chi connectivity index (χ0v) is 19.5. The molecule has 164 valence electrons. The van der Waals surface area contributed by atoms with E-state index in [0.717, 1.165) is 23.1 Å². The van der Waals surface area contributed by atoms with Crippen LogP contribution in [0.25, 0.3) is 0 Å². The van der Waals surface area contributed by atoms with Gasteiger partial charge in [-0.2, -0.15) is 0 Å². The average molecular weight is 481 g/mol. The zero-order valence-electron chi connectivity index (χ0n) is 17.1. The van der Waals surface area contributed by atoms with Crippen molar-refractivity contribution in [1.82, 2.24) is 25.1 Å². The van der Waals surface area contributed by atoms with Crippen LogP contribution in [0, 0.1) is 13.8 Å². The van der Waals surface area contributed by atoms with Crippen molar-refractivity contribution < 1.29 is 18.7 Å². The summed E-state index contributed by atoms with van der Waals surface area (Å²) >= 11 is 3.78. The summed E-state index contributed by atoms with van der Waals surface area (Å²) in [7, 11) is 0. The predicted molar refractivity (Wildman–Crippen MR) is 117 cm³/mol. The van der Waals surface area contributed by atoms with Crippen LogP contribution in [0.3, 0.4) is 0 Å². The monoisotopic (exact) mass is 480 g/mol. The van der Waals surface area contributed by atoms with E-state index in [1.54, 1.807) is 12.3 Å². The molecule has 0 aliphatic heterocycles. The molecular formula is C18H20N6O4S3. The minimum absolute atomic E-state index is 0.0743. The predicted octanol–water partition coefficient (Wildman–Crippen LogP) is 3.06. The van der Waals surface area contributed by atoms with E-state index in [4.69, 9.17) is 9.15 Å². The maximum absolute atomic E-state index is 12.1. The average Bonchev–Trinajstić information content (AvgIpc) is 3.33. The number of aromatic nitrogens is 5. The molecule has 0 saturated heterocycles. The van der Waals surface area contributed by atoms with Crippen LogP contribution in [-0.2, 0) is 26.5 Å². The Hall–Kier alpha value is -2.51. The van der Waals surface area contributed by atoms with Crippen molar-refractivity contribution in [3.63, 3.8) is 0 Å². The molecule has 0 unspecified atom stereocenters. The molecule has 3 aromatic rings. The van der Waals surface area contributed by atoms with E-state index in [-0.39, 0.29) is 24.1 Å². The van der Waals surface area contributed by atoms with E-state index in [1.807, 2.05) is 19.9 Å². The quantitative estimate of drug-likeness (QED) is 0.261. The number of aryl methyl sites for hydroxylation is 2. The summed E-state index contributed by atoms with van der Waals surface area (Å²) in [5.41, 5.74) is 2.35. The van der Waals surface area contributed by atoms with Gasteiger partial charge in [-0.15, -0.1) is 21.5 Å². The van der Waals surface area contributed by atoms with Crippen molar-refractivity contribution in [2.45, 2.75) is 43.3 Å². The van der Waals surface area contributed by atoms with E-state index in [9.17, 15) is 9.59 Å². The summed E-state index contributed by atoms with van der Waals surface area (Å²) in [5.74, 6) is 0.335. The van der Waals surface area contributed by atoms with Gasteiger partial charge in [-0.3, -0.25) is 9.59 Å². The Morgan fingerprint density at radius 3 is 2.68 bits per heavy atom. The molecular weight excluding hydrogens is 460 g/mol. The Labute approximate surface area is 191 Å². The molecule has 10 nitrogen and oxygen atoms in total. The largest absolute Gasteiger partial charge is 0.466 e. The number of ether oxygens (including phenoxy) is 1. The number of nitrogens with zero attached hydrogens (tertiary/aromatic N) is 5. The lowest BCUT2D eigenvalue weighted by molar-refractivity contribution is -0.142. The van der Waals surface area contributed by atoms with Gasteiger partial charge in [0.2, 0.25) is 11.8 Å². The van der Waals surface area contributed by atoms with Gasteiger partial charge >= 0.3 is 5.97 Å². The van der Waals surface area contributed by atoms with Gasteiger partial charge in [0.25, 0.3) is 5.22 Å². The topological polar surface area (TPSA) is 133 Å². The molecule has 3 heterocycles. The van der Waals surface area contributed by atoms with Crippen LogP contribution in [0.5, 0.6) is 0 Å². The number of thiazole rings is 1. The van der Waals surface area contributed by atoms with Crippen LogP contribution in [0.4, 0.5) is 5.13 Å². The van der Waals surface area contributed by atoms with Crippen LogP contribution >= 0.6 is 34.9 Å². The van der Waals surface area contributed by atoms with Crippen LogP contribution in [0.1, 0.15) is 29.9 Å². The Kier molecular flexibility index (Phi) is 8.37. The van der Waals surface area contributed by atoms with Crippen LogP contribution in [-0.4, -0.2) is 49.4 Å². The second-order valence-electron chi connectivity index (χ2n) is 6.15. The summed E-state index contributed by atoms with van der Waals surface area (Å²) < 4.78 is 10.4. The fraction of sp³-hybridized carbons (Fsp3) is 0.389. The molecule has 13 heteroatoms. The number of amides is 1. The van der Waals surface area contributed by atoms with Gasteiger partial charge in [-0.25, -0.2) is 15.0 Å². The third-order valence-corrected chi connectivity index (χ3v) is 5.95. The summed E-state index contributed by atoms with van der Waals surface area (Å²) in [6.45, 7) is 5.89. The van der Waals surface area contributed by atoms with Gasteiger partial charge in [-0.1, -0.05) is 23.5 Å². The van der Waals surface area contributed by atoms with Gasteiger partial charge in [0, 0.05) is 16.8 Å². The van der Waals surface area contributed by atoms with E-state index < -0.39 is 0 Å². The van der Waals surface area contributed by atoms with Crippen molar-refractivity contribution >= 4 is 51.9 Å². The van der Waals surface area contributed by atoms with E-state index in [1.165, 1.54) is 23.1 Å². The number of hydrogen-bond donors (Lipinski definition) is 1. The first-order valence-corrected chi connectivity index (χ1v) is 12.1. The van der Waals surface area contributed by atoms with Crippen LogP contribution < -0.4 is 5.32 Å². The molecule has 0 aliphatic rings. The van der Waals surface area contributed by atoms with Crippen molar-refractivity contribution in [1.29, 1.82) is 0 Å². The molecule has 3 aromatic heterocycles. The lowest BCUT2D eigenvalue weighted by Gasteiger charge is -2.01. The highest BCUT2D eigenvalue weighted by molar-refractivity contribution is 7.99. The molecule has 0 atom stereocenters. The molecule has 0 spiro atoms. The minimum Gasteiger partial charge on any atom is -0.466 e. The normalized spacial score (nSPS) is 10.8. The SMILES string of the molecule is CCOC(=O)Cc1csc(NC(=O)CSc2nnc(CSc3nc(C)cc(C)n3)o2)n1. The first-order chi connectivity index (χ1) is 14.9. The van der Waals surface area contributed by atoms with Gasteiger partial charge < -0.3 is 14.5 Å².